The lowest BCUT2D eigenvalue weighted by Gasteiger charge is -2.32. The van der Waals surface area contributed by atoms with Gasteiger partial charge in [-0.1, -0.05) is 24.6 Å². The second-order valence-corrected chi connectivity index (χ2v) is 12.8. The molecule has 1 fully saturated rings. The summed E-state index contributed by atoms with van der Waals surface area (Å²) in [7, 11) is -4.04. The molecule has 2 heterocycles. The van der Waals surface area contributed by atoms with Crippen LogP contribution in [0.1, 0.15) is 56.8 Å². The molecular weight excluding hydrogens is 556 g/mol. The summed E-state index contributed by atoms with van der Waals surface area (Å²) < 4.78 is 33.7. The summed E-state index contributed by atoms with van der Waals surface area (Å²) in [6.07, 6.45) is 7.56. The molecule has 3 aromatic rings. The molecule has 3 N–H and O–H groups in total. The van der Waals surface area contributed by atoms with Crippen molar-refractivity contribution in [2.24, 2.45) is 0 Å². The van der Waals surface area contributed by atoms with Crippen LogP contribution >= 0.6 is 0 Å². The predicted molar refractivity (Wildman–Crippen MR) is 160 cm³/mol. The number of rotatable bonds is 10. The number of sulfonamides is 1. The molecular formula is C30H38N6O5S. The van der Waals surface area contributed by atoms with E-state index in [1.807, 2.05) is 12.1 Å². The van der Waals surface area contributed by atoms with Crippen LogP contribution < -0.4 is 20.3 Å². The van der Waals surface area contributed by atoms with E-state index >= 15 is 0 Å². The highest BCUT2D eigenvalue weighted by Gasteiger charge is 2.30. The van der Waals surface area contributed by atoms with E-state index in [9.17, 15) is 18.0 Å². The first-order valence-corrected chi connectivity index (χ1v) is 15.5. The first-order valence-electron chi connectivity index (χ1n) is 14.0. The third kappa shape index (κ3) is 8.73. The molecule has 11 nitrogen and oxygen atoms in total. The van der Waals surface area contributed by atoms with Gasteiger partial charge in [0, 0.05) is 36.7 Å². The summed E-state index contributed by atoms with van der Waals surface area (Å²) in [6.45, 7) is 5.60. The molecule has 0 aliphatic carbocycles. The van der Waals surface area contributed by atoms with Gasteiger partial charge in [-0.25, -0.2) is 18.4 Å². The van der Waals surface area contributed by atoms with Crippen LogP contribution in [0.25, 0.3) is 0 Å². The Balaban J connectivity index is 1.45. The topological polar surface area (TPSA) is 143 Å². The summed E-state index contributed by atoms with van der Waals surface area (Å²) >= 11 is 0. The van der Waals surface area contributed by atoms with Crippen molar-refractivity contribution in [2.45, 2.75) is 69.2 Å². The number of hydrogen-bond donors (Lipinski definition) is 3. The van der Waals surface area contributed by atoms with E-state index in [1.54, 1.807) is 69.6 Å². The summed E-state index contributed by atoms with van der Waals surface area (Å²) in [4.78, 5) is 36.8. The number of esters is 1. The molecule has 2 aromatic carbocycles. The average Bonchev–Trinajstić information content (AvgIpc) is 3.20. The van der Waals surface area contributed by atoms with E-state index in [0.717, 1.165) is 37.9 Å². The minimum atomic E-state index is -4.04. The minimum absolute atomic E-state index is 0.000562. The van der Waals surface area contributed by atoms with Gasteiger partial charge in [0.1, 0.15) is 17.8 Å². The fraction of sp³-hybridized carbons (Fsp3) is 0.400. The van der Waals surface area contributed by atoms with Crippen LogP contribution in [0.3, 0.4) is 0 Å². The quantitative estimate of drug-likeness (QED) is 0.299. The zero-order valence-electron chi connectivity index (χ0n) is 24.1. The molecule has 1 aliphatic rings. The molecule has 4 rings (SSSR count). The number of nitrogens with one attached hydrogen (secondary N) is 3. The molecule has 1 aromatic heterocycles. The number of nitrogens with zero attached hydrogens (tertiary/aromatic N) is 3. The van der Waals surface area contributed by atoms with Crippen molar-refractivity contribution in [3.05, 3.63) is 78.6 Å². The SMILES string of the molecule is CC(C)(C)OC(=O)[C@H](CNC(=O)c1ccc(N2CCCCC[C@H]2Nc2ncccn2)cc1)NS(=O)(=O)c1ccccc1. The maximum Gasteiger partial charge on any atom is 0.326 e. The third-order valence-electron chi connectivity index (χ3n) is 6.58. The average molecular weight is 595 g/mol. The van der Waals surface area contributed by atoms with E-state index in [4.69, 9.17) is 4.74 Å². The maximum absolute atomic E-state index is 13.1. The number of ether oxygens (including phenoxy) is 1. The number of benzene rings is 2. The lowest BCUT2D eigenvalue weighted by atomic mass is 10.1. The Bertz CT molecular complexity index is 1430. The number of carbonyl (C=O) groups is 2. The molecule has 224 valence electrons. The van der Waals surface area contributed by atoms with Gasteiger partial charge >= 0.3 is 5.97 Å². The van der Waals surface area contributed by atoms with E-state index in [1.165, 1.54) is 12.1 Å². The van der Waals surface area contributed by atoms with Gasteiger partial charge in [-0.3, -0.25) is 9.59 Å². The van der Waals surface area contributed by atoms with Crippen molar-refractivity contribution in [1.29, 1.82) is 0 Å². The van der Waals surface area contributed by atoms with Gasteiger partial charge in [-0.2, -0.15) is 4.72 Å². The zero-order valence-corrected chi connectivity index (χ0v) is 24.9. The van der Waals surface area contributed by atoms with Crippen molar-refractivity contribution in [3.63, 3.8) is 0 Å². The Morgan fingerprint density at radius 2 is 1.67 bits per heavy atom. The molecule has 0 unspecified atom stereocenters. The summed E-state index contributed by atoms with van der Waals surface area (Å²) in [5.41, 5.74) is 0.475. The molecule has 12 heteroatoms. The molecule has 1 aliphatic heterocycles. The molecule has 42 heavy (non-hydrogen) atoms. The molecule has 0 saturated carbocycles. The van der Waals surface area contributed by atoms with Crippen LogP contribution in [-0.2, 0) is 19.6 Å². The fourth-order valence-corrected chi connectivity index (χ4v) is 5.80. The molecule has 0 radical (unpaired) electrons. The van der Waals surface area contributed by atoms with Crippen molar-refractivity contribution < 1.29 is 22.7 Å². The van der Waals surface area contributed by atoms with Crippen LogP contribution in [0.2, 0.25) is 0 Å². The summed E-state index contributed by atoms with van der Waals surface area (Å²) in [5, 5.41) is 6.10. The fourth-order valence-electron chi connectivity index (χ4n) is 4.59. The minimum Gasteiger partial charge on any atom is -0.459 e. The maximum atomic E-state index is 13.1. The van der Waals surface area contributed by atoms with Gasteiger partial charge in [0.2, 0.25) is 16.0 Å². The monoisotopic (exact) mass is 594 g/mol. The molecule has 2 atom stereocenters. The summed E-state index contributed by atoms with van der Waals surface area (Å²) in [6, 6.07) is 15.3. The zero-order chi connectivity index (χ0) is 30.2. The summed E-state index contributed by atoms with van der Waals surface area (Å²) in [5.74, 6) is -0.676. The Kier molecular flexibility index (Phi) is 10.1. The normalized spacial score (nSPS) is 16.6. The van der Waals surface area contributed by atoms with Gasteiger partial charge in [-0.05, 0) is 82.5 Å². The molecule has 0 bridgehead atoms. The van der Waals surface area contributed by atoms with Gasteiger partial charge < -0.3 is 20.3 Å². The number of anilines is 2. The number of amides is 1. The smallest absolute Gasteiger partial charge is 0.326 e. The standard InChI is InChI=1S/C30H38N6O5S/c1-30(2,3)41-28(38)25(35-42(39,40)24-11-6-4-7-12-24)21-33-27(37)22-14-16-23(17-15-22)36-20-9-5-8-13-26(36)34-29-31-18-10-19-32-29/h4,6-7,10-12,14-19,25-26,35H,5,8-9,13,20-21H2,1-3H3,(H,33,37)(H,31,32,34)/t25-,26-/m0/s1. The highest BCUT2D eigenvalue weighted by atomic mass is 32.2. The van der Waals surface area contributed by atoms with E-state index in [0.29, 0.717) is 11.5 Å². The highest BCUT2D eigenvalue weighted by molar-refractivity contribution is 7.89. The van der Waals surface area contributed by atoms with E-state index in [-0.39, 0.29) is 17.6 Å². The van der Waals surface area contributed by atoms with Crippen LogP contribution in [0.15, 0.2) is 78.0 Å². The van der Waals surface area contributed by atoms with Gasteiger partial charge in [0.25, 0.3) is 5.91 Å². The third-order valence-corrected chi connectivity index (χ3v) is 8.07. The predicted octanol–water partition coefficient (Wildman–Crippen LogP) is 3.71. The highest BCUT2D eigenvalue weighted by Crippen LogP contribution is 2.25. The lowest BCUT2D eigenvalue weighted by molar-refractivity contribution is -0.156. The second-order valence-electron chi connectivity index (χ2n) is 11.1. The van der Waals surface area contributed by atoms with Gasteiger partial charge in [0.05, 0.1) is 4.90 Å². The van der Waals surface area contributed by atoms with Crippen LogP contribution in [0.5, 0.6) is 0 Å². The number of hydrogen-bond acceptors (Lipinski definition) is 9. The van der Waals surface area contributed by atoms with Crippen molar-refractivity contribution in [2.75, 3.05) is 23.3 Å². The Morgan fingerprint density at radius 1 is 0.976 bits per heavy atom. The van der Waals surface area contributed by atoms with Crippen molar-refractivity contribution in [3.8, 4) is 0 Å². The van der Waals surface area contributed by atoms with Crippen LogP contribution in [-0.4, -0.2) is 61.2 Å². The Hall–Kier alpha value is -4.03. The van der Waals surface area contributed by atoms with Gasteiger partial charge in [0.15, 0.2) is 0 Å². The second kappa shape index (κ2) is 13.8. The lowest BCUT2D eigenvalue weighted by Crippen LogP contribution is -2.50. The number of carbonyl (C=O) groups excluding carboxylic acids is 2. The van der Waals surface area contributed by atoms with Crippen molar-refractivity contribution in [1.82, 2.24) is 20.0 Å². The van der Waals surface area contributed by atoms with E-state index < -0.39 is 33.5 Å². The Morgan fingerprint density at radius 3 is 2.33 bits per heavy atom. The van der Waals surface area contributed by atoms with Gasteiger partial charge in [-0.15, -0.1) is 0 Å². The molecule has 0 spiro atoms. The number of aromatic nitrogens is 2. The largest absolute Gasteiger partial charge is 0.459 e. The molecule has 1 amide bonds. The first-order chi connectivity index (χ1) is 20.0. The Labute approximate surface area is 247 Å². The van der Waals surface area contributed by atoms with Crippen molar-refractivity contribution >= 4 is 33.5 Å². The molecule has 1 saturated heterocycles. The first kappa shape index (κ1) is 30.9. The van der Waals surface area contributed by atoms with Crippen LogP contribution in [0, 0.1) is 0 Å². The van der Waals surface area contributed by atoms with Crippen LogP contribution in [0.4, 0.5) is 11.6 Å². The van der Waals surface area contributed by atoms with E-state index in [2.05, 4.69) is 30.2 Å².